The molecule has 1 fully saturated rings. The van der Waals surface area contributed by atoms with Gasteiger partial charge < -0.3 is 0 Å². The molecular formula is C40H30S. The topological polar surface area (TPSA) is 0 Å². The summed E-state index contributed by atoms with van der Waals surface area (Å²) in [6.45, 7) is 0. The maximum Gasteiger partial charge on any atom is 0.0215 e. The molecule has 0 nitrogen and oxygen atoms in total. The van der Waals surface area contributed by atoms with Gasteiger partial charge in [0.25, 0.3) is 0 Å². The number of benzene rings is 6. The molecule has 0 atom stereocenters. The normalized spacial score (nSPS) is 15.9. The Bertz CT molecular complexity index is 1990. The highest BCUT2D eigenvalue weighted by atomic mass is 32.2. The van der Waals surface area contributed by atoms with Gasteiger partial charge >= 0.3 is 0 Å². The highest BCUT2D eigenvalue weighted by Gasteiger charge is 2.43. The van der Waals surface area contributed by atoms with Gasteiger partial charge in [0.1, 0.15) is 0 Å². The molecule has 6 aromatic carbocycles. The molecule has 0 amide bonds. The molecule has 0 aromatic heterocycles. The molecule has 196 valence electrons. The lowest BCUT2D eigenvalue weighted by Gasteiger charge is -2.36. The molecule has 0 bridgehead atoms. The highest BCUT2D eigenvalue weighted by molar-refractivity contribution is 7.99. The molecule has 1 heteroatoms. The average Bonchev–Trinajstić information content (AvgIpc) is 3.30. The van der Waals surface area contributed by atoms with Gasteiger partial charge in [-0.3, -0.25) is 0 Å². The molecule has 0 radical (unpaired) electrons. The molecular weight excluding hydrogens is 513 g/mol. The molecule has 1 heterocycles. The minimum Gasteiger partial charge on any atom is -0.0888 e. The predicted octanol–water partition coefficient (Wildman–Crippen LogP) is 11.5. The van der Waals surface area contributed by atoms with Crippen molar-refractivity contribution in [2.75, 3.05) is 0 Å². The van der Waals surface area contributed by atoms with Gasteiger partial charge in [0.15, 0.2) is 0 Å². The second-order valence-electron chi connectivity index (χ2n) is 12.0. The first kappa shape index (κ1) is 23.6. The predicted molar refractivity (Wildman–Crippen MR) is 174 cm³/mol. The van der Waals surface area contributed by atoms with Crippen LogP contribution in [0, 0.1) is 0 Å². The van der Waals surface area contributed by atoms with Gasteiger partial charge in [-0.15, -0.1) is 0 Å². The Hall–Kier alpha value is -4.07. The van der Waals surface area contributed by atoms with Crippen LogP contribution in [-0.2, 0) is 5.41 Å². The van der Waals surface area contributed by atoms with Crippen molar-refractivity contribution in [2.45, 2.75) is 47.3 Å². The van der Waals surface area contributed by atoms with Crippen LogP contribution in [0.3, 0.4) is 0 Å². The summed E-state index contributed by atoms with van der Waals surface area (Å²) in [5.41, 5.74) is 14.1. The van der Waals surface area contributed by atoms with Crippen LogP contribution < -0.4 is 0 Å². The Morgan fingerprint density at radius 2 is 1.12 bits per heavy atom. The van der Waals surface area contributed by atoms with Gasteiger partial charge in [-0.1, -0.05) is 134 Å². The van der Waals surface area contributed by atoms with E-state index in [1.807, 2.05) is 11.8 Å². The quantitative estimate of drug-likeness (QED) is 0.209. The molecule has 1 saturated carbocycles. The molecule has 1 spiro atoms. The third kappa shape index (κ3) is 3.42. The van der Waals surface area contributed by atoms with Crippen molar-refractivity contribution < 1.29 is 0 Å². The van der Waals surface area contributed by atoms with Crippen LogP contribution in [0.1, 0.15) is 43.2 Å². The molecule has 2 aliphatic carbocycles. The first-order valence-electron chi connectivity index (χ1n) is 15.0. The second-order valence-corrected chi connectivity index (χ2v) is 13.0. The van der Waals surface area contributed by atoms with Gasteiger partial charge in [-0.2, -0.15) is 0 Å². The van der Waals surface area contributed by atoms with Crippen LogP contribution in [0.5, 0.6) is 0 Å². The van der Waals surface area contributed by atoms with Gasteiger partial charge in [0.05, 0.1) is 0 Å². The maximum absolute atomic E-state index is 2.52. The van der Waals surface area contributed by atoms with E-state index in [4.69, 9.17) is 0 Å². The van der Waals surface area contributed by atoms with E-state index in [-0.39, 0.29) is 5.41 Å². The molecule has 0 unspecified atom stereocenters. The van der Waals surface area contributed by atoms with E-state index in [1.54, 1.807) is 11.1 Å². The Morgan fingerprint density at radius 3 is 2.00 bits per heavy atom. The van der Waals surface area contributed by atoms with E-state index in [0.29, 0.717) is 0 Å². The van der Waals surface area contributed by atoms with Gasteiger partial charge in [0, 0.05) is 20.6 Å². The van der Waals surface area contributed by atoms with E-state index in [2.05, 4.69) is 121 Å². The summed E-state index contributed by atoms with van der Waals surface area (Å²) in [6, 6.07) is 45.9. The minimum absolute atomic E-state index is 0.195. The van der Waals surface area contributed by atoms with E-state index in [9.17, 15) is 0 Å². The Balaban J connectivity index is 1.12. The fraction of sp³-hybridized carbons (Fsp3) is 0.150. The van der Waals surface area contributed by atoms with Crippen molar-refractivity contribution in [1.82, 2.24) is 0 Å². The summed E-state index contributed by atoms with van der Waals surface area (Å²) in [7, 11) is 0. The first-order chi connectivity index (χ1) is 20.3. The van der Waals surface area contributed by atoms with E-state index in [0.717, 1.165) is 0 Å². The zero-order valence-corrected chi connectivity index (χ0v) is 23.8. The molecule has 6 aromatic rings. The fourth-order valence-electron chi connectivity index (χ4n) is 8.00. The van der Waals surface area contributed by atoms with Crippen LogP contribution in [0.15, 0.2) is 131 Å². The molecule has 41 heavy (non-hydrogen) atoms. The zero-order valence-electron chi connectivity index (χ0n) is 23.0. The van der Waals surface area contributed by atoms with Crippen molar-refractivity contribution >= 4 is 22.5 Å². The third-order valence-electron chi connectivity index (χ3n) is 9.90. The van der Waals surface area contributed by atoms with E-state index >= 15 is 0 Å². The fourth-order valence-corrected chi connectivity index (χ4v) is 9.13. The van der Waals surface area contributed by atoms with E-state index < -0.39 is 0 Å². The second kappa shape index (κ2) is 8.96. The van der Waals surface area contributed by atoms with Crippen LogP contribution in [0.2, 0.25) is 0 Å². The lowest BCUT2D eigenvalue weighted by molar-refractivity contribution is 0.353. The Kier molecular flexibility index (Phi) is 5.16. The number of fused-ring (bicyclic) bond motifs is 7. The van der Waals surface area contributed by atoms with Crippen LogP contribution in [0.4, 0.5) is 0 Å². The molecule has 3 aliphatic rings. The van der Waals surface area contributed by atoms with Crippen molar-refractivity contribution in [3.63, 3.8) is 0 Å². The molecule has 0 saturated heterocycles. The number of rotatable bonds is 2. The number of hydrogen-bond donors (Lipinski definition) is 0. The van der Waals surface area contributed by atoms with Crippen molar-refractivity contribution in [2.24, 2.45) is 0 Å². The zero-order chi connectivity index (χ0) is 27.0. The largest absolute Gasteiger partial charge is 0.0888 e. The van der Waals surface area contributed by atoms with Crippen molar-refractivity contribution in [1.29, 1.82) is 0 Å². The van der Waals surface area contributed by atoms with Crippen LogP contribution in [0.25, 0.3) is 55.3 Å². The third-order valence-corrected chi connectivity index (χ3v) is 11.0. The minimum atomic E-state index is 0.195. The van der Waals surface area contributed by atoms with Gasteiger partial charge in [-0.05, 0) is 92.1 Å². The summed E-state index contributed by atoms with van der Waals surface area (Å²) in [6.07, 6.45) is 6.56. The van der Waals surface area contributed by atoms with Crippen LogP contribution >= 0.6 is 11.8 Å². The smallest absolute Gasteiger partial charge is 0.0215 e. The number of hydrogen-bond acceptors (Lipinski definition) is 1. The SMILES string of the molecule is c1ccc2c(c1)Sc1ccc(-c3ccc(-c4ccc5c(c4)C4(CCCCC4)c4ccccc4-5)cc3)c3cccc-2c13. The molecule has 0 N–H and O–H groups in total. The van der Waals surface area contributed by atoms with Crippen molar-refractivity contribution in [3.05, 3.63) is 132 Å². The summed E-state index contributed by atoms with van der Waals surface area (Å²) < 4.78 is 0. The average molecular weight is 543 g/mol. The lowest BCUT2D eigenvalue weighted by atomic mass is 9.67. The monoisotopic (exact) mass is 542 g/mol. The summed E-state index contributed by atoms with van der Waals surface area (Å²) in [5.74, 6) is 0. The highest BCUT2D eigenvalue weighted by Crippen LogP contribution is 2.56. The van der Waals surface area contributed by atoms with Crippen molar-refractivity contribution in [3.8, 4) is 44.5 Å². The molecule has 1 aliphatic heterocycles. The first-order valence-corrected chi connectivity index (χ1v) is 15.8. The Labute approximate surface area is 246 Å². The molecule has 9 rings (SSSR count). The van der Waals surface area contributed by atoms with Crippen LogP contribution in [-0.4, -0.2) is 0 Å². The van der Waals surface area contributed by atoms with E-state index in [1.165, 1.54) is 97.2 Å². The van der Waals surface area contributed by atoms with Gasteiger partial charge in [-0.25, -0.2) is 0 Å². The maximum atomic E-state index is 2.52. The lowest BCUT2D eigenvalue weighted by Crippen LogP contribution is -2.28. The van der Waals surface area contributed by atoms with Gasteiger partial charge in [0.2, 0.25) is 0 Å². The summed E-state index contributed by atoms with van der Waals surface area (Å²) in [5, 5.41) is 2.72. The standard InChI is InChI=1S/C40H30S/c1-6-23-40(24-7-1)35-13-4-2-9-30(35)31-20-19-28(25-36(31)40)26-15-17-27(18-16-26)29-21-22-38-39-33(29)11-8-12-34(39)32-10-3-5-14-37(32)41-38/h2-5,8-22,25H,1,6-7,23-24H2. The summed E-state index contributed by atoms with van der Waals surface area (Å²) in [4.78, 5) is 2.70. The Morgan fingerprint density at radius 1 is 0.439 bits per heavy atom. The summed E-state index contributed by atoms with van der Waals surface area (Å²) >= 11 is 1.89.